The van der Waals surface area contributed by atoms with Crippen molar-refractivity contribution in [1.29, 1.82) is 0 Å². The Morgan fingerprint density at radius 3 is 2.61 bits per heavy atom. The molecule has 2 rings (SSSR count). The van der Waals surface area contributed by atoms with E-state index in [1.54, 1.807) is 0 Å². The number of likely N-dealkylation sites (tertiary alicyclic amines) is 1. The van der Waals surface area contributed by atoms with Gasteiger partial charge in [-0.15, -0.1) is 0 Å². The number of carbonyl (C=O) groups is 4. The summed E-state index contributed by atoms with van der Waals surface area (Å²) in [7, 11) is 0. The quantitative estimate of drug-likeness (QED) is 0.595. The van der Waals surface area contributed by atoms with E-state index in [1.165, 1.54) is 4.90 Å². The van der Waals surface area contributed by atoms with Crippen LogP contribution < -0.4 is 5.32 Å². The van der Waals surface area contributed by atoms with Crippen LogP contribution in [0.25, 0.3) is 0 Å². The Balaban J connectivity index is 1.91. The molecule has 2 aliphatic rings. The van der Waals surface area contributed by atoms with Gasteiger partial charge in [-0.05, 0) is 6.42 Å². The highest BCUT2D eigenvalue weighted by atomic mass is 16.4. The second-order valence-corrected chi connectivity index (χ2v) is 4.30. The molecule has 8 nitrogen and oxygen atoms in total. The van der Waals surface area contributed by atoms with Crippen LogP contribution in [0.4, 0.5) is 4.79 Å². The first kappa shape index (κ1) is 12.3. The van der Waals surface area contributed by atoms with Gasteiger partial charge in [-0.1, -0.05) is 0 Å². The van der Waals surface area contributed by atoms with E-state index in [1.807, 2.05) is 0 Å². The van der Waals surface area contributed by atoms with E-state index in [2.05, 4.69) is 5.32 Å². The van der Waals surface area contributed by atoms with Crippen molar-refractivity contribution in [3.05, 3.63) is 0 Å². The van der Waals surface area contributed by atoms with Crippen molar-refractivity contribution in [2.24, 2.45) is 5.92 Å². The molecule has 0 radical (unpaired) electrons. The molecule has 98 valence electrons. The standard InChI is InChI=1S/C10H13N3O5/c14-7-3-11-10(18)13(7)5-8(15)12-2-1-6(4-12)9(16)17/h6H,1-5H2,(H,11,18)(H,16,17). The number of carboxylic acid groups (broad SMARTS) is 1. The third-order valence-electron chi connectivity index (χ3n) is 3.12. The lowest BCUT2D eigenvalue weighted by Gasteiger charge is -2.19. The van der Waals surface area contributed by atoms with E-state index in [4.69, 9.17) is 5.11 Å². The Bertz CT molecular complexity index is 406. The van der Waals surface area contributed by atoms with Gasteiger partial charge in [0, 0.05) is 13.1 Å². The summed E-state index contributed by atoms with van der Waals surface area (Å²) in [5.74, 6) is -2.33. The summed E-state index contributed by atoms with van der Waals surface area (Å²) in [4.78, 5) is 47.3. The van der Waals surface area contributed by atoms with E-state index >= 15 is 0 Å². The highest BCUT2D eigenvalue weighted by Gasteiger charge is 2.35. The zero-order valence-electron chi connectivity index (χ0n) is 9.59. The average molecular weight is 255 g/mol. The summed E-state index contributed by atoms with van der Waals surface area (Å²) in [6.45, 7) is 0.0676. The fourth-order valence-corrected chi connectivity index (χ4v) is 2.04. The summed E-state index contributed by atoms with van der Waals surface area (Å²) < 4.78 is 0. The Hall–Kier alpha value is -2.12. The largest absolute Gasteiger partial charge is 0.481 e. The first-order valence-electron chi connectivity index (χ1n) is 5.58. The van der Waals surface area contributed by atoms with Crippen LogP contribution >= 0.6 is 0 Å². The van der Waals surface area contributed by atoms with Crippen molar-refractivity contribution in [3.8, 4) is 0 Å². The Morgan fingerprint density at radius 2 is 2.11 bits per heavy atom. The van der Waals surface area contributed by atoms with Crippen LogP contribution in [0.2, 0.25) is 0 Å². The van der Waals surface area contributed by atoms with Crippen LogP contribution in [0.15, 0.2) is 0 Å². The normalized spacial score (nSPS) is 23.4. The molecular formula is C10H13N3O5. The van der Waals surface area contributed by atoms with Crippen molar-refractivity contribution in [3.63, 3.8) is 0 Å². The topological polar surface area (TPSA) is 107 Å². The number of nitrogens with zero attached hydrogens (tertiary/aromatic N) is 2. The number of nitrogens with one attached hydrogen (secondary N) is 1. The predicted molar refractivity (Wildman–Crippen MR) is 57.4 cm³/mol. The van der Waals surface area contributed by atoms with Gasteiger partial charge in [-0.25, -0.2) is 4.79 Å². The van der Waals surface area contributed by atoms with Crippen molar-refractivity contribution in [2.45, 2.75) is 6.42 Å². The molecule has 0 bridgehead atoms. The molecule has 0 aromatic heterocycles. The van der Waals surface area contributed by atoms with Crippen LogP contribution in [-0.2, 0) is 14.4 Å². The molecule has 0 spiro atoms. The summed E-state index contributed by atoms with van der Waals surface area (Å²) in [5.41, 5.74) is 0. The molecule has 2 saturated heterocycles. The Morgan fingerprint density at radius 1 is 1.39 bits per heavy atom. The lowest BCUT2D eigenvalue weighted by atomic mass is 10.1. The molecule has 4 amide bonds. The Kier molecular flexibility index (Phi) is 3.17. The van der Waals surface area contributed by atoms with Crippen molar-refractivity contribution >= 4 is 23.8 Å². The fraction of sp³-hybridized carbons (Fsp3) is 0.600. The monoisotopic (exact) mass is 255 g/mol. The second-order valence-electron chi connectivity index (χ2n) is 4.30. The van der Waals surface area contributed by atoms with Crippen LogP contribution in [0.3, 0.4) is 0 Å². The maximum absolute atomic E-state index is 11.8. The molecule has 0 aromatic carbocycles. The number of carboxylic acids is 1. The highest BCUT2D eigenvalue weighted by molar-refractivity contribution is 6.04. The van der Waals surface area contributed by atoms with Crippen molar-refractivity contribution in [2.75, 3.05) is 26.2 Å². The first-order valence-corrected chi connectivity index (χ1v) is 5.58. The van der Waals surface area contributed by atoms with Gasteiger partial charge in [-0.2, -0.15) is 0 Å². The molecule has 18 heavy (non-hydrogen) atoms. The van der Waals surface area contributed by atoms with Crippen molar-refractivity contribution < 1.29 is 24.3 Å². The summed E-state index contributed by atoms with van der Waals surface area (Å²) >= 11 is 0. The molecular weight excluding hydrogens is 242 g/mol. The van der Waals surface area contributed by atoms with E-state index < -0.39 is 29.7 Å². The molecule has 1 unspecified atom stereocenters. The van der Waals surface area contributed by atoms with E-state index in [0.717, 1.165) is 4.90 Å². The predicted octanol–water partition coefficient (Wildman–Crippen LogP) is -1.53. The lowest BCUT2D eigenvalue weighted by Crippen LogP contribution is -2.42. The van der Waals surface area contributed by atoms with E-state index in [-0.39, 0.29) is 19.6 Å². The Labute approximate surface area is 103 Å². The number of hydrogen-bond donors (Lipinski definition) is 2. The minimum Gasteiger partial charge on any atom is -0.481 e. The van der Waals surface area contributed by atoms with Crippen LogP contribution in [0.5, 0.6) is 0 Å². The van der Waals surface area contributed by atoms with Crippen LogP contribution in [0.1, 0.15) is 6.42 Å². The van der Waals surface area contributed by atoms with Crippen LogP contribution in [-0.4, -0.2) is 64.9 Å². The zero-order chi connectivity index (χ0) is 13.3. The second kappa shape index (κ2) is 4.63. The first-order chi connectivity index (χ1) is 8.49. The minimum atomic E-state index is -0.930. The molecule has 0 aromatic rings. The summed E-state index contributed by atoms with van der Waals surface area (Å²) in [5, 5.41) is 11.1. The molecule has 2 N–H and O–H groups in total. The SMILES string of the molecule is O=C(O)C1CCN(C(=O)CN2C(=O)CNC2=O)C1. The van der Waals surface area contributed by atoms with Gasteiger partial charge in [0.1, 0.15) is 6.54 Å². The smallest absolute Gasteiger partial charge is 0.325 e. The van der Waals surface area contributed by atoms with E-state index in [9.17, 15) is 19.2 Å². The summed E-state index contributed by atoms with van der Waals surface area (Å²) in [6.07, 6.45) is 0.404. The van der Waals surface area contributed by atoms with Gasteiger partial charge in [0.05, 0.1) is 12.5 Å². The van der Waals surface area contributed by atoms with Gasteiger partial charge in [0.25, 0.3) is 5.91 Å². The van der Waals surface area contributed by atoms with Gasteiger partial charge >= 0.3 is 12.0 Å². The maximum atomic E-state index is 11.8. The maximum Gasteiger partial charge on any atom is 0.325 e. The van der Waals surface area contributed by atoms with Gasteiger partial charge < -0.3 is 15.3 Å². The third kappa shape index (κ3) is 2.27. The van der Waals surface area contributed by atoms with Crippen LogP contribution in [0, 0.1) is 5.92 Å². The molecule has 2 fully saturated rings. The number of rotatable bonds is 3. The zero-order valence-corrected chi connectivity index (χ0v) is 9.59. The van der Waals surface area contributed by atoms with Gasteiger partial charge in [0.15, 0.2) is 0 Å². The number of aliphatic carboxylic acids is 1. The highest BCUT2D eigenvalue weighted by Crippen LogP contribution is 2.16. The molecule has 0 aliphatic carbocycles. The third-order valence-corrected chi connectivity index (χ3v) is 3.12. The lowest BCUT2D eigenvalue weighted by molar-refractivity contribution is -0.142. The summed E-state index contributed by atoms with van der Waals surface area (Å²) in [6, 6.07) is -0.581. The number of imide groups is 1. The van der Waals surface area contributed by atoms with Crippen molar-refractivity contribution in [1.82, 2.24) is 15.1 Å². The number of carbonyl (C=O) groups excluding carboxylic acids is 3. The molecule has 2 heterocycles. The molecule has 1 atom stereocenters. The van der Waals surface area contributed by atoms with E-state index in [0.29, 0.717) is 13.0 Å². The van der Waals surface area contributed by atoms with Gasteiger partial charge in [0.2, 0.25) is 5.91 Å². The average Bonchev–Trinajstić information content (AvgIpc) is 2.91. The number of amides is 4. The molecule has 0 saturated carbocycles. The molecule has 8 heteroatoms. The fourth-order valence-electron chi connectivity index (χ4n) is 2.04. The number of hydrogen-bond acceptors (Lipinski definition) is 4. The number of urea groups is 1. The minimum absolute atomic E-state index is 0.0934. The van der Waals surface area contributed by atoms with Gasteiger partial charge in [-0.3, -0.25) is 19.3 Å². The molecule has 2 aliphatic heterocycles.